The first-order valence-electron chi connectivity index (χ1n) is 7.28. The summed E-state index contributed by atoms with van der Waals surface area (Å²) in [6, 6.07) is 9.27. The number of carbonyl (C=O) groups is 1. The Bertz CT molecular complexity index is 456. The lowest BCUT2D eigenvalue weighted by atomic mass is 9.85. The first kappa shape index (κ1) is 15.5. The summed E-state index contributed by atoms with van der Waals surface area (Å²) in [4.78, 5) is 10.9. The molecule has 1 aromatic rings. The number of benzene rings is 1. The molecular formula is C16H22BrNO2. The number of halogens is 1. The van der Waals surface area contributed by atoms with Crippen molar-refractivity contribution in [3.05, 3.63) is 34.3 Å². The number of carboxylic acid groups (broad SMARTS) is 1. The number of carboxylic acids is 1. The molecule has 1 atom stereocenters. The topological polar surface area (TPSA) is 49.3 Å². The summed E-state index contributed by atoms with van der Waals surface area (Å²) in [6.45, 7) is 2.20. The molecule has 3 nitrogen and oxygen atoms in total. The zero-order valence-corrected chi connectivity index (χ0v) is 13.4. The number of aliphatic carboxylic acids is 1. The van der Waals surface area contributed by atoms with Crippen LogP contribution in [0.1, 0.15) is 38.2 Å². The van der Waals surface area contributed by atoms with Gasteiger partial charge in [-0.1, -0.05) is 28.1 Å². The Morgan fingerprint density at radius 3 is 2.70 bits per heavy atom. The molecule has 1 unspecified atom stereocenters. The van der Waals surface area contributed by atoms with E-state index in [2.05, 4.69) is 46.4 Å². The van der Waals surface area contributed by atoms with Gasteiger partial charge < -0.3 is 10.4 Å². The minimum absolute atomic E-state index is 0.131. The zero-order chi connectivity index (χ0) is 14.5. The highest BCUT2D eigenvalue weighted by atomic mass is 79.9. The number of hydrogen-bond acceptors (Lipinski definition) is 2. The van der Waals surface area contributed by atoms with Gasteiger partial charge in [-0.2, -0.15) is 0 Å². The van der Waals surface area contributed by atoms with Crippen molar-refractivity contribution in [1.29, 1.82) is 0 Å². The molecule has 0 heterocycles. The van der Waals surface area contributed by atoms with E-state index in [1.807, 2.05) is 6.07 Å². The van der Waals surface area contributed by atoms with Crippen molar-refractivity contribution in [3.63, 3.8) is 0 Å². The molecule has 1 aliphatic rings. The van der Waals surface area contributed by atoms with Gasteiger partial charge in [-0.15, -0.1) is 0 Å². The smallest absolute Gasteiger partial charge is 0.306 e. The van der Waals surface area contributed by atoms with E-state index in [0.29, 0.717) is 12.1 Å². The van der Waals surface area contributed by atoms with Gasteiger partial charge in [-0.05, 0) is 56.7 Å². The van der Waals surface area contributed by atoms with E-state index in [1.54, 1.807) is 0 Å². The molecule has 1 aromatic carbocycles. The van der Waals surface area contributed by atoms with E-state index in [0.717, 1.165) is 36.6 Å². The standard InChI is InChI=1S/C16H22BrNO2/c1-11(9-12-3-2-4-14(17)10-12)18-15-7-5-13(6-8-15)16(19)20/h2-4,10-11,13,15,18H,5-9H2,1H3,(H,19,20). The van der Waals surface area contributed by atoms with Gasteiger partial charge in [0, 0.05) is 16.6 Å². The third kappa shape index (κ3) is 4.60. The molecule has 0 aliphatic heterocycles. The summed E-state index contributed by atoms with van der Waals surface area (Å²) in [5.74, 6) is -0.765. The van der Waals surface area contributed by atoms with Crippen LogP contribution in [-0.4, -0.2) is 23.2 Å². The lowest BCUT2D eigenvalue weighted by Gasteiger charge is -2.29. The van der Waals surface area contributed by atoms with Crippen LogP contribution in [0.3, 0.4) is 0 Å². The molecule has 2 N–H and O–H groups in total. The van der Waals surface area contributed by atoms with Gasteiger partial charge in [-0.25, -0.2) is 0 Å². The monoisotopic (exact) mass is 339 g/mol. The molecule has 0 saturated heterocycles. The highest BCUT2D eigenvalue weighted by Crippen LogP contribution is 2.25. The maximum atomic E-state index is 10.9. The van der Waals surface area contributed by atoms with E-state index in [9.17, 15) is 4.79 Å². The summed E-state index contributed by atoms with van der Waals surface area (Å²) in [5, 5.41) is 12.6. The molecule has 0 aromatic heterocycles. The number of nitrogens with one attached hydrogen (secondary N) is 1. The van der Waals surface area contributed by atoms with E-state index in [1.165, 1.54) is 5.56 Å². The normalized spacial score (nSPS) is 24.3. The number of hydrogen-bond donors (Lipinski definition) is 2. The first-order valence-corrected chi connectivity index (χ1v) is 8.07. The Kier molecular flexibility index (Phi) is 5.61. The Labute approximate surface area is 128 Å². The summed E-state index contributed by atoms with van der Waals surface area (Å²) >= 11 is 3.49. The van der Waals surface area contributed by atoms with Crippen LogP contribution in [0.25, 0.3) is 0 Å². The van der Waals surface area contributed by atoms with Gasteiger partial charge >= 0.3 is 5.97 Å². The average Bonchev–Trinajstić information content (AvgIpc) is 2.39. The average molecular weight is 340 g/mol. The maximum absolute atomic E-state index is 10.9. The second-order valence-corrected chi connectivity index (χ2v) is 6.70. The highest BCUT2D eigenvalue weighted by Gasteiger charge is 2.26. The van der Waals surface area contributed by atoms with Crippen molar-refractivity contribution in [2.75, 3.05) is 0 Å². The molecule has 0 radical (unpaired) electrons. The van der Waals surface area contributed by atoms with Gasteiger partial charge in [0.15, 0.2) is 0 Å². The van der Waals surface area contributed by atoms with Crippen LogP contribution in [-0.2, 0) is 11.2 Å². The quantitative estimate of drug-likeness (QED) is 0.861. The lowest BCUT2D eigenvalue weighted by molar-refractivity contribution is -0.142. The van der Waals surface area contributed by atoms with Crippen LogP contribution in [0, 0.1) is 5.92 Å². The molecule has 0 spiro atoms. The van der Waals surface area contributed by atoms with Crippen molar-refractivity contribution < 1.29 is 9.90 Å². The van der Waals surface area contributed by atoms with Crippen LogP contribution >= 0.6 is 15.9 Å². The van der Waals surface area contributed by atoms with Crippen molar-refractivity contribution >= 4 is 21.9 Å². The van der Waals surface area contributed by atoms with Crippen molar-refractivity contribution in [3.8, 4) is 0 Å². The third-order valence-electron chi connectivity index (χ3n) is 4.03. The molecule has 2 rings (SSSR count). The van der Waals surface area contributed by atoms with Crippen LogP contribution in [0.2, 0.25) is 0 Å². The van der Waals surface area contributed by atoms with Crippen LogP contribution in [0.4, 0.5) is 0 Å². The predicted molar refractivity (Wildman–Crippen MR) is 83.8 cm³/mol. The van der Waals surface area contributed by atoms with E-state index < -0.39 is 5.97 Å². The largest absolute Gasteiger partial charge is 0.481 e. The van der Waals surface area contributed by atoms with Gasteiger partial charge in [0.2, 0.25) is 0 Å². The van der Waals surface area contributed by atoms with Gasteiger partial charge in [-0.3, -0.25) is 4.79 Å². The molecule has 20 heavy (non-hydrogen) atoms. The zero-order valence-electron chi connectivity index (χ0n) is 11.8. The molecule has 1 fully saturated rings. The first-order chi connectivity index (χ1) is 9.54. The second-order valence-electron chi connectivity index (χ2n) is 5.79. The highest BCUT2D eigenvalue weighted by molar-refractivity contribution is 9.10. The van der Waals surface area contributed by atoms with E-state index in [-0.39, 0.29) is 5.92 Å². The molecule has 0 amide bonds. The van der Waals surface area contributed by atoms with Crippen LogP contribution < -0.4 is 5.32 Å². The van der Waals surface area contributed by atoms with Crippen molar-refractivity contribution in [2.45, 2.75) is 51.1 Å². The Morgan fingerprint density at radius 2 is 2.10 bits per heavy atom. The lowest BCUT2D eigenvalue weighted by Crippen LogP contribution is -2.40. The summed E-state index contributed by atoms with van der Waals surface area (Å²) in [5.41, 5.74) is 1.32. The predicted octanol–water partition coefficient (Wildman–Crippen LogP) is 3.61. The second kappa shape index (κ2) is 7.23. The van der Waals surface area contributed by atoms with Gasteiger partial charge in [0.05, 0.1) is 5.92 Å². The molecule has 1 saturated carbocycles. The SMILES string of the molecule is CC(Cc1cccc(Br)c1)NC1CCC(C(=O)O)CC1. The van der Waals surface area contributed by atoms with Gasteiger partial charge in [0.25, 0.3) is 0 Å². The van der Waals surface area contributed by atoms with Crippen molar-refractivity contribution in [1.82, 2.24) is 5.32 Å². The molecule has 1 aliphatic carbocycles. The van der Waals surface area contributed by atoms with Crippen molar-refractivity contribution in [2.24, 2.45) is 5.92 Å². The summed E-state index contributed by atoms with van der Waals surface area (Å²) < 4.78 is 1.11. The van der Waals surface area contributed by atoms with Crippen LogP contribution in [0.15, 0.2) is 28.7 Å². The fourth-order valence-electron chi connectivity index (χ4n) is 2.99. The van der Waals surface area contributed by atoms with Gasteiger partial charge in [0.1, 0.15) is 0 Å². The molecule has 110 valence electrons. The molecular weight excluding hydrogens is 318 g/mol. The third-order valence-corrected chi connectivity index (χ3v) is 4.52. The fraction of sp³-hybridized carbons (Fsp3) is 0.562. The maximum Gasteiger partial charge on any atom is 0.306 e. The molecule has 4 heteroatoms. The van der Waals surface area contributed by atoms with E-state index in [4.69, 9.17) is 5.11 Å². The fourth-order valence-corrected chi connectivity index (χ4v) is 3.43. The summed E-state index contributed by atoms with van der Waals surface area (Å²) in [6.07, 6.45) is 4.55. The Hall–Kier alpha value is -0.870. The minimum Gasteiger partial charge on any atom is -0.481 e. The Balaban J connectivity index is 1.78. The van der Waals surface area contributed by atoms with E-state index >= 15 is 0 Å². The summed E-state index contributed by atoms with van der Waals surface area (Å²) in [7, 11) is 0. The minimum atomic E-state index is -0.634. The number of rotatable bonds is 5. The Morgan fingerprint density at radius 1 is 1.40 bits per heavy atom. The van der Waals surface area contributed by atoms with Crippen LogP contribution in [0.5, 0.6) is 0 Å². The molecule has 0 bridgehead atoms.